The van der Waals surface area contributed by atoms with Crippen LogP contribution in [0, 0.1) is 5.82 Å². The van der Waals surface area contributed by atoms with E-state index in [2.05, 4.69) is 15.9 Å². The van der Waals surface area contributed by atoms with Gasteiger partial charge >= 0.3 is 0 Å². The van der Waals surface area contributed by atoms with Gasteiger partial charge in [0.15, 0.2) is 0 Å². The Morgan fingerprint density at radius 3 is 3.09 bits per heavy atom. The van der Waals surface area contributed by atoms with Crippen LogP contribution in [0.5, 0.6) is 5.75 Å². The summed E-state index contributed by atoms with van der Waals surface area (Å²) in [6.45, 7) is 0.600. The lowest BCUT2D eigenvalue weighted by atomic mass is 10.2. The van der Waals surface area contributed by atoms with E-state index < -0.39 is 0 Å². The van der Waals surface area contributed by atoms with Crippen molar-refractivity contribution in [2.75, 3.05) is 6.61 Å². The van der Waals surface area contributed by atoms with E-state index in [9.17, 15) is 4.39 Å². The zero-order valence-corrected chi connectivity index (χ0v) is 7.32. The third-order valence-electron chi connectivity index (χ3n) is 1.73. The first-order valence-electron chi connectivity index (χ1n) is 3.38. The molecule has 0 fully saturated rings. The molecule has 58 valence electrons. The van der Waals surface area contributed by atoms with Crippen LogP contribution in [-0.2, 0) is 6.42 Å². The fourth-order valence-corrected chi connectivity index (χ4v) is 1.62. The zero-order valence-electron chi connectivity index (χ0n) is 5.73. The Morgan fingerprint density at radius 1 is 1.45 bits per heavy atom. The van der Waals surface area contributed by atoms with Crippen LogP contribution < -0.4 is 4.74 Å². The predicted molar refractivity (Wildman–Crippen MR) is 43.3 cm³/mol. The van der Waals surface area contributed by atoms with Crippen LogP contribution in [0.4, 0.5) is 4.39 Å². The molecular weight excluding hydrogens is 211 g/mol. The number of fused-ring (bicyclic) bond motifs is 1. The maximum absolute atomic E-state index is 13.0. The minimum atomic E-state index is -0.174. The lowest BCUT2D eigenvalue weighted by Crippen LogP contribution is -1.86. The molecule has 0 atom stereocenters. The standard InChI is InChI=1S/C8H6BrFO/c9-5-3-7(10)6-1-2-11-8(6)4-5/h3-4H,1-2H2. The first kappa shape index (κ1) is 7.10. The third kappa shape index (κ3) is 1.13. The van der Waals surface area contributed by atoms with Gasteiger partial charge in [-0.2, -0.15) is 0 Å². The molecule has 0 aromatic heterocycles. The van der Waals surface area contributed by atoms with Crippen LogP contribution in [-0.4, -0.2) is 6.61 Å². The van der Waals surface area contributed by atoms with Gasteiger partial charge in [-0.3, -0.25) is 0 Å². The molecule has 0 N–H and O–H groups in total. The van der Waals surface area contributed by atoms with E-state index in [1.165, 1.54) is 6.07 Å². The molecule has 0 aliphatic carbocycles. The average molecular weight is 217 g/mol. The van der Waals surface area contributed by atoms with E-state index in [0.29, 0.717) is 24.3 Å². The SMILES string of the molecule is Fc1cc(Br)cc2c1CCO2. The number of ether oxygens (including phenoxy) is 1. The van der Waals surface area contributed by atoms with Gasteiger partial charge in [0.05, 0.1) is 6.61 Å². The second kappa shape index (κ2) is 2.48. The molecular formula is C8H6BrFO. The maximum Gasteiger partial charge on any atom is 0.131 e. The van der Waals surface area contributed by atoms with Crippen LogP contribution in [0.3, 0.4) is 0 Å². The topological polar surface area (TPSA) is 9.23 Å². The Morgan fingerprint density at radius 2 is 2.27 bits per heavy atom. The predicted octanol–water partition coefficient (Wildman–Crippen LogP) is 2.52. The van der Waals surface area contributed by atoms with E-state index in [4.69, 9.17) is 4.74 Å². The second-order valence-electron chi connectivity index (χ2n) is 2.46. The van der Waals surface area contributed by atoms with E-state index in [-0.39, 0.29) is 5.82 Å². The van der Waals surface area contributed by atoms with Gasteiger partial charge in [0, 0.05) is 16.5 Å². The molecule has 3 heteroatoms. The first-order chi connectivity index (χ1) is 5.27. The molecule has 1 heterocycles. The number of benzene rings is 1. The Bertz CT molecular complexity index is 298. The first-order valence-corrected chi connectivity index (χ1v) is 4.17. The highest BCUT2D eigenvalue weighted by Gasteiger charge is 2.16. The summed E-state index contributed by atoms with van der Waals surface area (Å²) < 4.78 is 19.0. The molecule has 1 aromatic rings. The number of hydrogen-bond acceptors (Lipinski definition) is 1. The summed E-state index contributed by atoms with van der Waals surface area (Å²) in [6, 6.07) is 3.26. The molecule has 0 radical (unpaired) electrons. The number of halogens is 2. The molecule has 0 saturated carbocycles. The molecule has 1 nitrogen and oxygen atoms in total. The van der Waals surface area contributed by atoms with E-state index in [1.807, 2.05) is 0 Å². The number of rotatable bonds is 0. The summed E-state index contributed by atoms with van der Waals surface area (Å²) in [5.41, 5.74) is 0.702. The van der Waals surface area contributed by atoms with Gasteiger partial charge < -0.3 is 4.74 Å². The van der Waals surface area contributed by atoms with Gasteiger partial charge in [-0.15, -0.1) is 0 Å². The molecule has 11 heavy (non-hydrogen) atoms. The fraction of sp³-hybridized carbons (Fsp3) is 0.250. The van der Waals surface area contributed by atoms with E-state index in [1.54, 1.807) is 6.07 Å². The van der Waals surface area contributed by atoms with Crippen LogP contribution in [0.2, 0.25) is 0 Å². The van der Waals surface area contributed by atoms with Crippen molar-refractivity contribution < 1.29 is 9.13 Å². The summed E-state index contributed by atoms with van der Waals surface area (Å²) in [6.07, 6.45) is 0.689. The Balaban J connectivity index is 2.60. The summed E-state index contributed by atoms with van der Waals surface area (Å²) in [5, 5.41) is 0. The van der Waals surface area contributed by atoms with Crippen molar-refractivity contribution in [3.8, 4) is 5.75 Å². The Hall–Kier alpha value is -0.570. The van der Waals surface area contributed by atoms with Crippen LogP contribution >= 0.6 is 15.9 Å². The highest BCUT2D eigenvalue weighted by atomic mass is 79.9. The van der Waals surface area contributed by atoms with Crippen molar-refractivity contribution in [2.45, 2.75) is 6.42 Å². The summed E-state index contributed by atoms with van der Waals surface area (Å²) >= 11 is 3.20. The van der Waals surface area contributed by atoms with Gasteiger partial charge in [0.1, 0.15) is 11.6 Å². The van der Waals surface area contributed by atoms with Crippen LogP contribution in [0.15, 0.2) is 16.6 Å². The lowest BCUT2D eigenvalue weighted by Gasteiger charge is -1.99. The summed E-state index contributed by atoms with van der Waals surface area (Å²) in [5.74, 6) is 0.503. The van der Waals surface area contributed by atoms with Crippen molar-refractivity contribution in [3.05, 3.63) is 28.0 Å². The van der Waals surface area contributed by atoms with Gasteiger partial charge in [-0.25, -0.2) is 4.39 Å². The molecule has 0 amide bonds. The van der Waals surface area contributed by atoms with Crippen LogP contribution in [0.1, 0.15) is 5.56 Å². The van der Waals surface area contributed by atoms with Crippen molar-refractivity contribution in [1.29, 1.82) is 0 Å². The maximum atomic E-state index is 13.0. The van der Waals surface area contributed by atoms with Gasteiger partial charge in [-0.05, 0) is 12.1 Å². The minimum absolute atomic E-state index is 0.174. The second-order valence-corrected chi connectivity index (χ2v) is 3.38. The van der Waals surface area contributed by atoms with E-state index >= 15 is 0 Å². The van der Waals surface area contributed by atoms with Gasteiger partial charge in [0.25, 0.3) is 0 Å². The normalized spacial score (nSPS) is 14.4. The fourth-order valence-electron chi connectivity index (χ4n) is 1.21. The summed E-state index contributed by atoms with van der Waals surface area (Å²) in [4.78, 5) is 0. The van der Waals surface area contributed by atoms with Gasteiger partial charge in [-0.1, -0.05) is 15.9 Å². The molecule has 2 rings (SSSR count). The van der Waals surface area contributed by atoms with E-state index in [0.717, 1.165) is 4.47 Å². The third-order valence-corrected chi connectivity index (χ3v) is 2.19. The molecule has 0 spiro atoms. The molecule has 0 saturated heterocycles. The van der Waals surface area contributed by atoms with Crippen molar-refractivity contribution >= 4 is 15.9 Å². The minimum Gasteiger partial charge on any atom is -0.493 e. The van der Waals surface area contributed by atoms with Crippen molar-refractivity contribution in [1.82, 2.24) is 0 Å². The average Bonchev–Trinajstić information content (AvgIpc) is 2.34. The molecule has 0 bridgehead atoms. The monoisotopic (exact) mass is 216 g/mol. The number of hydrogen-bond donors (Lipinski definition) is 0. The van der Waals surface area contributed by atoms with Crippen molar-refractivity contribution in [3.63, 3.8) is 0 Å². The lowest BCUT2D eigenvalue weighted by molar-refractivity contribution is 0.356. The zero-order chi connectivity index (χ0) is 7.84. The Labute approximate surface area is 72.3 Å². The summed E-state index contributed by atoms with van der Waals surface area (Å²) in [7, 11) is 0. The quantitative estimate of drug-likeness (QED) is 0.648. The molecule has 1 aliphatic heterocycles. The van der Waals surface area contributed by atoms with Crippen molar-refractivity contribution in [2.24, 2.45) is 0 Å². The largest absolute Gasteiger partial charge is 0.493 e. The molecule has 1 aromatic carbocycles. The van der Waals surface area contributed by atoms with Gasteiger partial charge in [0.2, 0.25) is 0 Å². The van der Waals surface area contributed by atoms with Crippen LogP contribution in [0.25, 0.3) is 0 Å². The Kier molecular flexibility index (Phi) is 1.60. The highest BCUT2D eigenvalue weighted by molar-refractivity contribution is 9.10. The molecule has 0 unspecified atom stereocenters. The highest BCUT2D eigenvalue weighted by Crippen LogP contribution is 2.30. The molecule has 1 aliphatic rings. The smallest absolute Gasteiger partial charge is 0.131 e.